The molecule has 2 atom stereocenters. The van der Waals surface area contributed by atoms with Gasteiger partial charge in [0.2, 0.25) is 5.95 Å². The molecule has 1 heterocycles. The van der Waals surface area contributed by atoms with Crippen molar-refractivity contribution in [2.45, 2.75) is 77.3 Å². The number of aromatic nitrogens is 2. The van der Waals surface area contributed by atoms with Crippen LogP contribution < -0.4 is 5.32 Å². The van der Waals surface area contributed by atoms with Crippen molar-refractivity contribution in [2.24, 2.45) is 5.92 Å². The summed E-state index contributed by atoms with van der Waals surface area (Å²) < 4.78 is 2.42. The normalized spacial score (nSPS) is 28.7. The Morgan fingerprint density at radius 3 is 2.68 bits per heavy atom. The van der Waals surface area contributed by atoms with E-state index in [2.05, 4.69) is 29.9 Å². The number of imidazole rings is 1. The van der Waals surface area contributed by atoms with Gasteiger partial charge in [-0.25, -0.2) is 4.98 Å². The molecule has 0 amide bonds. The first-order valence-electron chi connectivity index (χ1n) is 8.04. The van der Waals surface area contributed by atoms with Crippen LogP contribution in [0.15, 0.2) is 6.20 Å². The van der Waals surface area contributed by atoms with E-state index in [9.17, 15) is 0 Å². The first kappa shape index (κ1) is 13.0. The minimum absolute atomic E-state index is 0.630. The Labute approximate surface area is 116 Å². The molecule has 2 fully saturated rings. The number of rotatable bonds is 3. The fraction of sp³-hybridized carbons (Fsp3) is 0.812. The summed E-state index contributed by atoms with van der Waals surface area (Å²) in [5, 5.41) is 3.73. The summed E-state index contributed by atoms with van der Waals surface area (Å²) in [5.41, 5.74) is 1.15. The SMILES string of the molecule is Cc1cn(C2CCCC2)c(NC2CCCC(C)C2)n1. The highest BCUT2D eigenvalue weighted by atomic mass is 15.2. The first-order chi connectivity index (χ1) is 9.22. The number of hydrogen-bond acceptors (Lipinski definition) is 2. The van der Waals surface area contributed by atoms with Crippen molar-refractivity contribution < 1.29 is 0 Å². The predicted octanol–water partition coefficient (Wildman–Crippen LogP) is 4.30. The summed E-state index contributed by atoms with van der Waals surface area (Å²) in [6.07, 6.45) is 13.0. The van der Waals surface area contributed by atoms with Gasteiger partial charge in [0, 0.05) is 18.3 Å². The summed E-state index contributed by atoms with van der Waals surface area (Å²) >= 11 is 0. The lowest BCUT2D eigenvalue weighted by Gasteiger charge is -2.28. The third kappa shape index (κ3) is 2.96. The van der Waals surface area contributed by atoms with Crippen LogP contribution in [0.2, 0.25) is 0 Å². The van der Waals surface area contributed by atoms with Crippen LogP contribution in [0, 0.1) is 12.8 Å². The molecule has 2 aliphatic rings. The molecule has 0 saturated heterocycles. The van der Waals surface area contributed by atoms with E-state index in [1.807, 2.05) is 0 Å². The van der Waals surface area contributed by atoms with Crippen LogP contribution >= 0.6 is 0 Å². The number of nitrogens with zero attached hydrogens (tertiary/aromatic N) is 2. The van der Waals surface area contributed by atoms with Gasteiger partial charge in [0.05, 0.1) is 5.69 Å². The molecule has 1 N–H and O–H groups in total. The molecule has 0 aromatic carbocycles. The molecule has 2 saturated carbocycles. The minimum atomic E-state index is 0.630. The van der Waals surface area contributed by atoms with Gasteiger partial charge in [-0.3, -0.25) is 0 Å². The monoisotopic (exact) mass is 261 g/mol. The van der Waals surface area contributed by atoms with E-state index in [0.29, 0.717) is 12.1 Å². The van der Waals surface area contributed by atoms with Gasteiger partial charge in [0.1, 0.15) is 0 Å². The fourth-order valence-electron chi connectivity index (χ4n) is 3.83. The molecule has 19 heavy (non-hydrogen) atoms. The number of aryl methyl sites for hydroxylation is 1. The van der Waals surface area contributed by atoms with E-state index < -0.39 is 0 Å². The molecule has 1 aromatic rings. The maximum atomic E-state index is 4.73. The summed E-state index contributed by atoms with van der Waals surface area (Å²) in [6.45, 7) is 4.49. The van der Waals surface area contributed by atoms with Crippen molar-refractivity contribution in [3.8, 4) is 0 Å². The Morgan fingerprint density at radius 1 is 1.16 bits per heavy atom. The van der Waals surface area contributed by atoms with Crippen molar-refractivity contribution in [1.82, 2.24) is 9.55 Å². The van der Waals surface area contributed by atoms with Gasteiger partial charge in [-0.05, 0) is 38.5 Å². The molecule has 1 aromatic heterocycles. The molecule has 2 unspecified atom stereocenters. The summed E-state index contributed by atoms with van der Waals surface area (Å²) in [4.78, 5) is 4.73. The zero-order valence-corrected chi connectivity index (χ0v) is 12.4. The van der Waals surface area contributed by atoms with Crippen molar-refractivity contribution >= 4 is 5.95 Å². The highest BCUT2D eigenvalue weighted by molar-refractivity contribution is 5.31. The average Bonchev–Trinajstić information content (AvgIpc) is 2.98. The lowest BCUT2D eigenvalue weighted by atomic mass is 9.87. The van der Waals surface area contributed by atoms with E-state index in [1.165, 1.54) is 51.4 Å². The van der Waals surface area contributed by atoms with E-state index >= 15 is 0 Å². The number of nitrogens with one attached hydrogen (secondary N) is 1. The van der Waals surface area contributed by atoms with Crippen LogP contribution in [0.4, 0.5) is 5.95 Å². The number of hydrogen-bond donors (Lipinski definition) is 1. The standard InChI is InChI=1S/C16H27N3/c1-12-6-5-7-14(10-12)18-16-17-13(2)11-19(16)15-8-3-4-9-15/h11-12,14-15H,3-10H2,1-2H3,(H,17,18). The van der Waals surface area contributed by atoms with Gasteiger partial charge >= 0.3 is 0 Å². The molecule has 2 aliphatic carbocycles. The van der Waals surface area contributed by atoms with E-state index in [-0.39, 0.29) is 0 Å². The second-order valence-electron chi connectivity index (χ2n) is 6.66. The van der Waals surface area contributed by atoms with Gasteiger partial charge < -0.3 is 9.88 Å². The largest absolute Gasteiger partial charge is 0.353 e. The Hall–Kier alpha value is -0.990. The highest BCUT2D eigenvalue weighted by Gasteiger charge is 2.23. The lowest BCUT2D eigenvalue weighted by molar-refractivity contribution is 0.356. The van der Waals surface area contributed by atoms with Gasteiger partial charge in [0.25, 0.3) is 0 Å². The Balaban J connectivity index is 1.72. The van der Waals surface area contributed by atoms with Gasteiger partial charge in [0.15, 0.2) is 0 Å². The molecule has 0 radical (unpaired) electrons. The van der Waals surface area contributed by atoms with Crippen molar-refractivity contribution in [3.05, 3.63) is 11.9 Å². The molecule has 0 aliphatic heterocycles. The molecular formula is C16H27N3. The smallest absolute Gasteiger partial charge is 0.203 e. The van der Waals surface area contributed by atoms with Gasteiger partial charge in [-0.2, -0.15) is 0 Å². The van der Waals surface area contributed by atoms with Crippen LogP contribution in [-0.2, 0) is 0 Å². The van der Waals surface area contributed by atoms with Crippen LogP contribution in [0.1, 0.15) is 70.0 Å². The zero-order chi connectivity index (χ0) is 13.2. The van der Waals surface area contributed by atoms with Crippen LogP contribution in [-0.4, -0.2) is 15.6 Å². The maximum Gasteiger partial charge on any atom is 0.203 e. The zero-order valence-electron chi connectivity index (χ0n) is 12.4. The van der Waals surface area contributed by atoms with E-state index in [1.54, 1.807) is 0 Å². The Bertz CT molecular complexity index is 418. The maximum absolute atomic E-state index is 4.73. The topological polar surface area (TPSA) is 29.9 Å². The summed E-state index contributed by atoms with van der Waals surface area (Å²) in [5.74, 6) is 1.99. The molecular weight excluding hydrogens is 234 g/mol. The van der Waals surface area contributed by atoms with Gasteiger partial charge in [-0.1, -0.05) is 32.6 Å². The predicted molar refractivity (Wildman–Crippen MR) is 79.5 cm³/mol. The quantitative estimate of drug-likeness (QED) is 0.879. The first-order valence-corrected chi connectivity index (χ1v) is 8.04. The van der Waals surface area contributed by atoms with Crippen molar-refractivity contribution in [1.29, 1.82) is 0 Å². The summed E-state index contributed by atoms with van der Waals surface area (Å²) in [6, 6.07) is 1.32. The molecule has 3 nitrogen and oxygen atoms in total. The molecule has 106 valence electrons. The van der Waals surface area contributed by atoms with Crippen LogP contribution in [0.3, 0.4) is 0 Å². The van der Waals surface area contributed by atoms with Crippen LogP contribution in [0.5, 0.6) is 0 Å². The molecule has 0 spiro atoms. The molecule has 0 bridgehead atoms. The second-order valence-corrected chi connectivity index (χ2v) is 6.66. The lowest BCUT2D eigenvalue weighted by Crippen LogP contribution is -2.28. The highest BCUT2D eigenvalue weighted by Crippen LogP contribution is 2.33. The second kappa shape index (κ2) is 5.56. The van der Waals surface area contributed by atoms with Crippen LogP contribution in [0.25, 0.3) is 0 Å². The van der Waals surface area contributed by atoms with E-state index in [4.69, 9.17) is 4.98 Å². The average molecular weight is 261 g/mol. The summed E-state index contributed by atoms with van der Waals surface area (Å²) in [7, 11) is 0. The molecule has 3 rings (SSSR count). The third-order valence-corrected chi connectivity index (χ3v) is 4.84. The Morgan fingerprint density at radius 2 is 1.95 bits per heavy atom. The Kier molecular flexibility index (Phi) is 3.81. The van der Waals surface area contributed by atoms with Gasteiger partial charge in [-0.15, -0.1) is 0 Å². The van der Waals surface area contributed by atoms with Crippen molar-refractivity contribution in [2.75, 3.05) is 5.32 Å². The van der Waals surface area contributed by atoms with Crippen molar-refractivity contribution in [3.63, 3.8) is 0 Å². The minimum Gasteiger partial charge on any atom is -0.353 e. The number of anilines is 1. The van der Waals surface area contributed by atoms with E-state index in [0.717, 1.165) is 17.6 Å². The molecule has 3 heteroatoms. The fourth-order valence-corrected chi connectivity index (χ4v) is 3.83. The third-order valence-electron chi connectivity index (χ3n) is 4.84.